The maximum atomic E-state index is 12.3. The number of benzene rings is 2. The van der Waals surface area contributed by atoms with Gasteiger partial charge in [-0.15, -0.1) is 0 Å². The Hall–Kier alpha value is -3.23. The molecule has 5 rings (SSSR count). The van der Waals surface area contributed by atoms with E-state index in [2.05, 4.69) is 25.5 Å². The molecule has 1 aliphatic carbocycles. The van der Waals surface area contributed by atoms with E-state index in [0.29, 0.717) is 11.6 Å². The average molecular weight is 462 g/mol. The van der Waals surface area contributed by atoms with E-state index < -0.39 is 5.60 Å². The van der Waals surface area contributed by atoms with Crippen LogP contribution in [0.2, 0.25) is 0 Å². The molecule has 1 aromatic heterocycles. The molecule has 0 bridgehead atoms. The Kier molecular flexibility index (Phi) is 6.10. The van der Waals surface area contributed by atoms with Crippen molar-refractivity contribution in [3.05, 3.63) is 65.5 Å². The highest BCUT2D eigenvalue weighted by Gasteiger charge is 2.40. The largest absolute Gasteiger partial charge is 0.385 e. The fourth-order valence-corrected chi connectivity index (χ4v) is 5.19. The van der Waals surface area contributed by atoms with Crippen LogP contribution < -0.4 is 10.6 Å². The standard InChI is InChI=1S/C26H31N5O3/c1-17-3-2-4-18(11-17)25(33)27-13-24(32)30-20-14-31(15-20)21-7-9-26(34,10-8-21)19-5-6-22-23(12-19)29-16-28-22/h2-6,11-12,16,20-21,34H,7-10,13-15H2,1H3,(H,27,33)(H,28,29)(H,30,32)/t21-,26-. The van der Waals surface area contributed by atoms with Crippen molar-refractivity contribution in [1.82, 2.24) is 25.5 Å². The lowest BCUT2D eigenvalue weighted by atomic mass is 9.76. The number of nitrogens with zero attached hydrogens (tertiary/aromatic N) is 2. The Bertz CT molecular complexity index is 1190. The summed E-state index contributed by atoms with van der Waals surface area (Å²) in [6.45, 7) is 3.51. The number of aryl methyl sites for hydroxylation is 1. The lowest BCUT2D eigenvalue weighted by molar-refractivity contribution is -0.122. The summed E-state index contributed by atoms with van der Waals surface area (Å²) in [6.07, 6.45) is 4.95. The first-order valence-corrected chi connectivity index (χ1v) is 11.9. The van der Waals surface area contributed by atoms with Crippen molar-refractivity contribution in [2.24, 2.45) is 0 Å². The quantitative estimate of drug-likeness (QED) is 0.450. The van der Waals surface area contributed by atoms with Gasteiger partial charge in [0.05, 0.1) is 35.5 Å². The van der Waals surface area contributed by atoms with Crippen molar-refractivity contribution in [2.75, 3.05) is 19.6 Å². The molecule has 1 saturated carbocycles. The van der Waals surface area contributed by atoms with Crippen LogP contribution in [0.5, 0.6) is 0 Å². The molecular weight excluding hydrogens is 430 g/mol. The summed E-state index contributed by atoms with van der Waals surface area (Å²) >= 11 is 0. The first-order valence-electron chi connectivity index (χ1n) is 11.9. The molecule has 8 nitrogen and oxygen atoms in total. The van der Waals surface area contributed by atoms with E-state index in [4.69, 9.17) is 0 Å². The summed E-state index contributed by atoms with van der Waals surface area (Å²) in [6, 6.07) is 13.8. The second kappa shape index (κ2) is 9.19. The number of fused-ring (bicyclic) bond motifs is 1. The SMILES string of the molecule is Cc1cccc(C(=O)NCC(=O)NC2CN([C@H]3CC[C@@](O)(c4ccc5nc[nH]c5c4)CC3)C2)c1. The van der Waals surface area contributed by atoms with Crippen LogP contribution in [0.4, 0.5) is 0 Å². The van der Waals surface area contributed by atoms with Gasteiger partial charge < -0.3 is 20.7 Å². The van der Waals surface area contributed by atoms with Gasteiger partial charge in [-0.2, -0.15) is 0 Å². The third-order valence-electron chi connectivity index (χ3n) is 7.22. The number of rotatable bonds is 6. The van der Waals surface area contributed by atoms with Crippen molar-refractivity contribution in [2.45, 2.75) is 50.3 Å². The monoisotopic (exact) mass is 461 g/mol. The molecule has 1 saturated heterocycles. The van der Waals surface area contributed by atoms with Gasteiger partial charge >= 0.3 is 0 Å². The number of carbonyl (C=O) groups excluding carboxylic acids is 2. The molecular formula is C26H31N5O3. The zero-order chi connectivity index (χ0) is 23.7. The number of aromatic amines is 1. The number of amides is 2. The van der Waals surface area contributed by atoms with Crippen LogP contribution in [0.15, 0.2) is 48.8 Å². The highest BCUT2D eigenvalue weighted by molar-refractivity contribution is 5.96. The van der Waals surface area contributed by atoms with Crippen LogP contribution in [-0.2, 0) is 10.4 Å². The molecule has 8 heteroatoms. The van der Waals surface area contributed by atoms with Gasteiger partial charge in [-0.05, 0) is 62.4 Å². The number of nitrogens with one attached hydrogen (secondary N) is 3. The number of aliphatic hydroxyl groups is 1. The Balaban J connectivity index is 1.05. The minimum absolute atomic E-state index is 0.0274. The van der Waals surface area contributed by atoms with Crippen LogP contribution in [-0.4, -0.2) is 63.5 Å². The summed E-state index contributed by atoms with van der Waals surface area (Å²) in [5, 5.41) is 17.0. The zero-order valence-corrected chi connectivity index (χ0v) is 19.4. The van der Waals surface area contributed by atoms with E-state index in [0.717, 1.165) is 60.9 Å². The van der Waals surface area contributed by atoms with Crippen LogP contribution in [0.25, 0.3) is 11.0 Å². The number of carbonyl (C=O) groups is 2. The predicted molar refractivity (Wildman–Crippen MR) is 129 cm³/mol. The number of likely N-dealkylation sites (tertiary alicyclic amines) is 1. The molecule has 0 atom stereocenters. The molecule has 178 valence electrons. The van der Waals surface area contributed by atoms with Crippen LogP contribution in [0.3, 0.4) is 0 Å². The molecule has 0 spiro atoms. The van der Waals surface area contributed by atoms with E-state index >= 15 is 0 Å². The maximum Gasteiger partial charge on any atom is 0.251 e. The van der Waals surface area contributed by atoms with Crippen molar-refractivity contribution < 1.29 is 14.7 Å². The highest BCUT2D eigenvalue weighted by Crippen LogP contribution is 2.40. The fourth-order valence-electron chi connectivity index (χ4n) is 5.19. The molecule has 2 fully saturated rings. The van der Waals surface area contributed by atoms with E-state index in [1.54, 1.807) is 18.5 Å². The highest BCUT2D eigenvalue weighted by atomic mass is 16.3. The van der Waals surface area contributed by atoms with Gasteiger partial charge in [0.2, 0.25) is 5.91 Å². The van der Waals surface area contributed by atoms with Gasteiger partial charge in [0.1, 0.15) is 0 Å². The number of hydrogen-bond acceptors (Lipinski definition) is 5. The molecule has 34 heavy (non-hydrogen) atoms. The van der Waals surface area contributed by atoms with Crippen molar-refractivity contribution in [3.63, 3.8) is 0 Å². The van der Waals surface area contributed by atoms with Crippen LogP contribution in [0.1, 0.15) is 47.2 Å². The first kappa shape index (κ1) is 22.6. The van der Waals surface area contributed by atoms with E-state index in [9.17, 15) is 14.7 Å². The third kappa shape index (κ3) is 4.69. The van der Waals surface area contributed by atoms with Gasteiger partial charge in [-0.1, -0.05) is 23.8 Å². The molecule has 1 aliphatic heterocycles. The van der Waals surface area contributed by atoms with Gasteiger partial charge in [-0.3, -0.25) is 14.5 Å². The van der Waals surface area contributed by atoms with Gasteiger partial charge in [0.15, 0.2) is 0 Å². The van der Waals surface area contributed by atoms with Crippen LogP contribution >= 0.6 is 0 Å². The summed E-state index contributed by atoms with van der Waals surface area (Å²) in [7, 11) is 0. The van der Waals surface area contributed by atoms with Gasteiger partial charge in [0.25, 0.3) is 5.91 Å². The van der Waals surface area contributed by atoms with Gasteiger partial charge in [0, 0.05) is 24.7 Å². The zero-order valence-electron chi connectivity index (χ0n) is 19.4. The molecule has 2 heterocycles. The van der Waals surface area contributed by atoms with Crippen molar-refractivity contribution in [1.29, 1.82) is 0 Å². The second-order valence-electron chi connectivity index (χ2n) is 9.67. The summed E-state index contributed by atoms with van der Waals surface area (Å²) in [5.74, 6) is -0.409. The van der Waals surface area contributed by atoms with Gasteiger partial charge in [-0.25, -0.2) is 4.98 Å². The smallest absolute Gasteiger partial charge is 0.251 e. The molecule has 4 N–H and O–H groups in total. The first-order chi connectivity index (χ1) is 16.4. The van der Waals surface area contributed by atoms with E-state index in [1.165, 1.54) is 0 Å². The minimum atomic E-state index is -0.802. The maximum absolute atomic E-state index is 12.3. The Morgan fingerprint density at radius 1 is 1.18 bits per heavy atom. The number of hydrogen-bond donors (Lipinski definition) is 4. The lowest BCUT2D eigenvalue weighted by Crippen LogP contribution is -2.63. The molecule has 2 aromatic carbocycles. The average Bonchev–Trinajstić information content (AvgIpc) is 3.28. The molecule has 2 aliphatic rings. The Labute approximate surface area is 198 Å². The van der Waals surface area contributed by atoms with E-state index in [-0.39, 0.29) is 24.4 Å². The normalized spacial score (nSPS) is 23.4. The molecule has 0 radical (unpaired) electrons. The number of imidazole rings is 1. The number of aromatic nitrogens is 2. The van der Waals surface area contributed by atoms with E-state index in [1.807, 2.05) is 37.3 Å². The number of H-pyrrole nitrogens is 1. The Morgan fingerprint density at radius 2 is 1.97 bits per heavy atom. The second-order valence-corrected chi connectivity index (χ2v) is 9.67. The fraction of sp³-hybridized carbons (Fsp3) is 0.423. The third-order valence-corrected chi connectivity index (χ3v) is 7.22. The summed E-state index contributed by atoms with van der Waals surface area (Å²) < 4.78 is 0. The minimum Gasteiger partial charge on any atom is -0.385 e. The molecule has 3 aromatic rings. The van der Waals surface area contributed by atoms with Crippen molar-refractivity contribution in [3.8, 4) is 0 Å². The summed E-state index contributed by atoms with van der Waals surface area (Å²) in [5.41, 5.74) is 3.57. The summed E-state index contributed by atoms with van der Waals surface area (Å²) in [4.78, 5) is 34.2. The predicted octanol–water partition coefficient (Wildman–Crippen LogP) is 2.23. The molecule has 0 unspecified atom stereocenters. The topological polar surface area (TPSA) is 110 Å². The Morgan fingerprint density at radius 3 is 2.74 bits per heavy atom. The van der Waals surface area contributed by atoms with Crippen LogP contribution in [0, 0.1) is 6.92 Å². The molecule has 2 amide bonds. The van der Waals surface area contributed by atoms with Crippen molar-refractivity contribution >= 4 is 22.8 Å². The lowest BCUT2D eigenvalue weighted by Gasteiger charge is -2.48.